The third kappa shape index (κ3) is 7.74. The van der Waals surface area contributed by atoms with Gasteiger partial charge in [0.05, 0.1) is 11.2 Å². The summed E-state index contributed by atoms with van der Waals surface area (Å²) in [6.45, 7) is 5.24. The molecule has 6 rings (SSSR count). The van der Waals surface area contributed by atoms with Crippen LogP contribution in [0.2, 0.25) is 10.0 Å². The molecular formula is C37H38Cl2N6O5S. The highest BCUT2D eigenvalue weighted by molar-refractivity contribution is 7.89. The zero-order valence-corrected chi connectivity index (χ0v) is 30.6. The van der Waals surface area contributed by atoms with Crippen molar-refractivity contribution in [2.45, 2.75) is 44.2 Å². The molecule has 0 unspecified atom stereocenters. The third-order valence-electron chi connectivity index (χ3n) is 9.22. The van der Waals surface area contributed by atoms with E-state index in [2.05, 4.69) is 10.1 Å². The van der Waals surface area contributed by atoms with Crippen LogP contribution in [0.15, 0.2) is 76.7 Å². The Morgan fingerprint density at radius 3 is 2.41 bits per heavy atom. The summed E-state index contributed by atoms with van der Waals surface area (Å²) in [5.41, 5.74) is 4.60. The number of sulfonamides is 1. The molecule has 1 aromatic heterocycles. The van der Waals surface area contributed by atoms with Crippen molar-refractivity contribution in [3.63, 3.8) is 0 Å². The standard InChI is InChI=1S/C37H38Cl2N6O5S/c1-24-21-25(2)42-36-28(24)5-3-7-32(36)50-23-29-30(38)13-14-33(35(29)39)51(48,49)45-16-4-6-31(45)37(47)44-19-17-43(18-20-44)34(46)15-12-26-8-10-27(11-9-26)22-41-40/h3,5,7-15,21-22,31H,4,6,16-20,23,40H2,1-2H3/b15-12+,41-22?/t31-/m0/s1. The van der Waals surface area contributed by atoms with Gasteiger partial charge in [0.15, 0.2) is 0 Å². The van der Waals surface area contributed by atoms with E-state index in [0.717, 1.165) is 27.8 Å². The number of hydrogen-bond donors (Lipinski definition) is 1. The number of carbonyl (C=O) groups excluding carboxylic acids is 2. The number of nitrogens with zero attached hydrogens (tertiary/aromatic N) is 5. The number of benzene rings is 3. The lowest BCUT2D eigenvalue weighted by Gasteiger charge is -2.36. The quantitative estimate of drug-likeness (QED) is 0.102. The van der Waals surface area contributed by atoms with E-state index >= 15 is 0 Å². The summed E-state index contributed by atoms with van der Waals surface area (Å²) in [6.07, 6.45) is 5.67. The molecule has 0 radical (unpaired) electrons. The zero-order chi connectivity index (χ0) is 36.3. The number of pyridine rings is 1. The number of rotatable bonds is 9. The molecule has 2 aliphatic rings. The van der Waals surface area contributed by atoms with Crippen molar-refractivity contribution in [3.05, 3.63) is 105 Å². The average Bonchev–Trinajstić information content (AvgIpc) is 3.62. The molecule has 2 N–H and O–H groups in total. The first-order valence-corrected chi connectivity index (χ1v) is 18.7. The lowest BCUT2D eigenvalue weighted by molar-refractivity contribution is -0.139. The predicted molar refractivity (Wildman–Crippen MR) is 199 cm³/mol. The van der Waals surface area contributed by atoms with Crippen molar-refractivity contribution in [3.8, 4) is 5.75 Å². The van der Waals surface area contributed by atoms with Gasteiger partial charge in [-0.3, -0.25) is 9.59 Å². The fourth-order valence-electron chi connectivity index (χ4n) is 6.54. The Bertz CT molecular complexity index is 2130. The monoisotopic (exact) mass is 748 g/mol. The number of aryl methyl sites for hydroxylation is 2. The van der Waals surface area contributed by atoms with Gasteiger partial charge in [-0.15, -0.1) is 0 Å². The number of halogens is 2. The van der Waals surface area contributed by atoms with Gasteiger partial charge in [-0.2, -0.15) is 9.41 Å². The molecule has 14 heteroatoms. The summed E-state index contributed by atoms with van der Waals surface area (Å²) in [7, 11) is -4.19. The molecule has 51 heavy (non-hydrogen) atoms. The fraction of sp³-hybridized carbons (Fsp3) is 0.297. The maximum absolute atomic E-state index is 14.1. The minimum absolute atomic E-state index is 0.0540. The fourth-order valence-corrected chi connectivity index (χ4v) is 9.06. The zero-order valence-electron chi connectivity index (χ0n) is 28.3. The van der Waals surface area contributed by atoms with Crippen LogP contribution in [-0.2, 0) is 26.2 Å². The minimum Gasteiger partial charge on any atom is -0.487 e. The van der Waals surface area contributed by atoms with Crippen LogP contribution in [-0.4, -0.2) is 84.3 Å². The lowest BCUT2D eigenvalue weighted by atomic mass is 10.1. The highest BCUT2D eigenvalue weighted by Crippen LogP contribution is 2.37. The Labute approximate surface area is 307 Å². The Hall–Kier alpha value is -4.49. The first-order chi connectivity index (χ1) is 24.5. The second-order valence-electron chi connectivity index (χ2n) is 12.6. The molecule has 266 valence electrons. The molecule has 11 nitrogen and oxygen atoms in total. The second-order valence-corrected chi connectivity index (χ2v) is 15.2. The highest BCUT2D eigenvalue weighted by atomic mass is 35.5. The predicted octanol–water partition coefficient (Wildman–Crippen LogP) is 5.57. The summed E-state index contributed by atoms with van der Waals surface area (Å²) in [5, 5.41) is 4.64. The number of amides is 2. The Morgan fingerprint density at radius 2 is 1.69 bits per heavy atom. The van der Waals surface area contributed by atoms with Gasteiger partial charge in [-0.25, -0.2) is 13.4 Å². The van der Waals surface area contributed by atoms with Crippen molar-refractivity contribution in [1.29, 1.82) is 0 Å². The van der Waals surface area contributed by atoms with Gasteiger partial charge in [0.1, 0.15) is 28.8 Å². The number of carbonyl (C=O) groups is 2. The topological polar surface area (TPSA) is 138 Å². The Morgan fingerprint density at radius 1 is 0.980 bits per heavy atom. The largest absolute Gasteiger partial charge is 0.487 e. The van der Waals surface area contributed by atoms with Gasteiger partial charge in [0, 0.05) is 60.5 Å². The Kier molecular flexibility index (Phi) is 11.0. The molecule has 4 aromatic rings. The molecule has 2 amide bonds. The second kappa shape index (κ2) is 15.4. The van der Waals surface area contributed by atoms with E-state index in [-0.39, 0.29) is 39.9 Å². The molecule has 0 spiro atoms. The van der Waals surface area contributed by atoms with Gasteiger partial charge in [-0.05, 0) is 73.7 Å². The molecule has 2 aliphatic heterocycles. The van der Waals surface area contributed by atoms with Crippen LogP contribution >= 0.6 is 23.2 Å². The van der Waals surface area contributed by atoms with Crippen LogP contribution in [0.25, 0.3) is 17.0 Å². The number of nitrogens with two attached hydrogens (primary N) is 1. The van der Waals surface area contributed by atoms with E-state index in [1.165, 1.54) is 28.7 Å². The molecule has 0 aliphatic carbocycles. The van der Waals surface area contributed by atoms with Crippen LogP contribution in [0.5, 0.6) is 5.75 Å². The number of ether oxygens (including phenoxy) is 1. The molecule has 0 saturated carbocycles. The SMILES string of the molecule is Cc1cc(C)c2cccc(OCc3c(Cl)ccc(S(=O)(=O)N4CCC[C@H]4C(=O)N4CCN(C(=O)/C=C/c5ccc(C=NN)cc5)CC4)c3Cl)c2n1. The Balaban J connectivity index is 1.12. The van der Waals surface area contributed by atoms with Gasteiger partial charge in [0.25, 0.3) is 0 Å². The van der Waals surface area contributed by atoms with Crippen molar-refractivity contribution in [2.75, 3.05) is 32.7 Å². The van der Waals surface area contributed by atoms with E-state index in [1.54, 1.807) is 21.9 Å². The molecule has 2 fully saturated rings. The minimum atomic E-state index is -4.19. The van der Waals surface area contributed by atoms with Crippen molar-refractivity contribution in [1.82, 2.24) is 19.1 Å². The average molecular weight is 750 g/mol. The normalized spacial score (nSPS) is 17.2. The van der Waals surface area contributed by atoms with Crippen LogP contribution < -0.4 is 10.6 Å². The first-order valence-electron chi connectivity index (χ1n) is 16.6. The summed E-state index contributed by atoms with van der Waals surface area (Å²) in [5.74, 6) is 5.25. The summed E-state index contributed by atoms with van der Waals surface area (Å²) in [4.78, 5) is 34.5. The lowest BCUT2D eigenvalue weighted by Crippen LogP contribution is -2.55. The number of hydrogen-bond acceptors (Lipinski definition) is 8. The maximum Gasteiger partial charge on any atom is 0.246 e. The number of aromatic nitrogens is 1. The van der Waals surface area contributed by atoms with Gasteiger partial charge in [0.2, 0.25) is 21.8 Å². The van der Waals surface area contributed by atoms with E-state index in [1.807, 2.05) is 56.3 Å². The van der Waals surface area contributed by atoms with Gasteiger partial charge in [-0.1, -0.05) is 59.6 Å². The number of piperazine rings is 1. The number of para-hydroxylation sites is 1. The molecule has 1 atom stereocenters. The number of hydrazone groups is 1. The molecule has 3 aromatic carbocycles. The number of fused-ring (bicyclic) bond motifs is 1. The smallest absolute Gasteiger partial charge is 0.246 e. The van der Waals surface area contributed by atoms with Crippen LogP contribution in [0.3, 0.4) is 0 Å². The highest BCUT2D eigenvalue weighted by Gasteiger charge is 2.42. The molecule has 2 saturated heterocycles. The maximum atomic E-state index is 14.1. The summed E-state index contributed by atoms with van der Waals surface area (Å²) >= 11 is 13.3. The third-order valence-corrected chi connectivity index (χ3v) is 12.1. The van der Waals surface area contributed by atoms with Crippen LogP contribution in [0, 0.1) is 13.8 Å². The first kappa shape index (κ1) is 36.3. The van der Waals surface area contributed by atoms with Crippen LogP contribution in [0.4, 0.5) is 0 Å². The van der Waals surface area contributed by atoms with Crippen molar-refractivity contribution in [2.24, 2.45) is 10.9 Å². The van der Waals surface area contributed by atoms with Crippen LogP contribution in [0.1, 0.15) is 40.8 Å². The van der Waals surface area contributed by atoms with Crippen molar-refractivity contribution < 1.29 is 22.7 Å². The molecule has 3 heterocycles. The van der Waals surface area contributed by atoms with Gasteiger partial charge < -0.3 is 20.4 Å². The van der Waals surface area contributed by atoms with E-state index < -0.39 is 16.1 Å². The van der Waals surface area contributed by atoms with Crippen molar-refractivity contribution >= 4 is 68.2 Å². The summed E-state index contributed by atoms with van der Waals surface area (Å²) < 4.78 is 35.6. The van der Waals surface area contributed by atoms with E-state index in [4.69, 9.17) is 33.8 Å². The van der Waals surface area contributed by atoms with E-state index in [9.17, 15) is 18.0 Å². The van der Waals surface area contributed by atoms with Gasteiger partial charge >= 0.3 is 0 Å². The molecular weight excluding hydrogens is 711 g/mol. The summed E-state index contributed by atoms with van der Waals surface area (Å²) in [6, 6.07) is 17.0. The van der Waals surface area contributed by atoms with E-state index in [0.29, 0.717) is 55.9 Å². The molecule has 0 bridgehead atoms.